The molecule has 0 spiro atoms. The van der Waals surface area contributed by atoms with Crippen LogP contribution in [-0.4, -0.2) is 27.0 Å². The lowest BCUT2D eigenvalue weighted by Crippen LogP contribution is -2.17. The molecule has 0 aliphatic carbocycles. The number of nitrogens with zero attached hydrogens (tertiary/aromatic N) is 2. The fourth-order valence-corrected chi connectivity index (χ4v) is 2.02. The number of carboxylic acid groups (broad SMARTS) is 1. The lowest BCUT2D eigenvalue weighted by Gasteiger charge is -2.15. The van der Waals surface area contributed by atoms with Crippen LogP contribution < -0.4 is 5.32 Å². The quantitative estimate of drug-likeness (QED) is 0.587. The summed E-state index contributed by atoms with van der Waals surface area (Å²) in [5.74, 6) is -0.844. The Balaban J connectivity index is 2.70. The third-order valence-corrected chi connectivity index (χ3v) is 3.10. The second-order valence-electron chi connectivity index (χ2n) is 4.10. The first kappa shape index (κ1) is 15.4. The minimum Gasteiger partial charge on any atom is -0.481 e. The van der Waals surface area contributed by atoms with Crippen molar-refractivity contribution in [1.29, 1.82) is 0 Å². The number of nitrogens with one attached hydrogen (secondary N) is 1. The number of aliphatic carboxylic acids is 1. The van der Waals surface area contributed by atoms with E-state index in [-0.39, 0.29) is 18.2 Å². The number of anilines is 1. The van der Waals surface area contributed by atoms with Crippen molar-refractivity contribution in [1.82, 2.24) is 4.98 Å². The van der Waals surface area contributed by atoms with E-state index in [9.17, 15) is 14.9 Å². The molecular weight excluding hydrogens is 318 g/mol. The van der Waals surface area contributed by atoms with Gasteiger partial charge in [0.2, 0.25) is 0 Å². The van der Waals surface area contributed by atoms with E-state index in [1.54, 1.807) is 0 Å². The smallest absolute Gasteiger partial charge is 0.311 e. The Morgan fingerprint density at radius 1 is 1.63 bits per heavy atom. The second kappa shape index (κ2) is 7.03. The molecule has 7 nitrogen and oxygen atoms in total. The maximum atomic E-state index is 10.9. The standard InChI is InChI=1S/C11H14BrN3O4/c1-7(3-2-4-10(16)17)14-11-8(12)5-13-6-9(11)15(18)19/h5-7H,2-4H2,1H3,(H,13,14)(H,16,17). The molecule has 0 radical (unpaired) electrons. The van der Waals surface area contributed by atoms with Gasteiger partial charge in [0.05, 0.1) is 9.40 Å². The average Bonchev–Trinajstić information content (AvgIpc) is 2.30. The number of nitro groups is 1. The molecule has 0 amide bonds. The van der Waals surface area contributed by atoms with Crippen LogP contribution in [0.25, 0.3) is 0 Å². The SMILES string of the molecule is CC(CCCC(=O)O)Nc1c(Br)cncc1[N+](=O)[O-]. The van der Waals surface area contributed by atoms with Gasteiger partial charge >= 0.3 is 11.7 Å². The minimum absolute atomic E-state index is 0.0725. The van der Waals surface area contributed by atoms with Crippen molar-refractivity contribution < 1.29 is 14.8 Å². The summed E-state index contributed by atoms with van der Waals surface area (Å²) in [5.41, 5.74) is 0.252. The van der Waals surface area contributed by atoms with Gasteiger partial charge in [-0.3, -0.25) is 19.9 Å². The van der Waals surface area contributed by atoms with Gasteiger partial charge in [0.1, 0.15) is 11.9 Å². The van der Waals surface area contributed by atoms with Crippen LogP contribution in [0.2, 0.25) is 0 Å². The van der Waals surface area contributed by atoms with Crippen molar-refractivity contribution in [3.05, 3.63) is 27.0 Å². The number of carboxylic acids is 1. The predicted molar refractivity (Wildman–Crippen MR) is 73.2 cm³/mol. The summed E-state index contributed by atoms with van der Waals surface area (Å²) in [6.07, 6.45) is 3.86. The molecule has 1 unspecified atom stereocenters. The molecule has 1 atom stereocenters. The van der Waals surface area contributed by atoms with Crippen molar-refractivity contribution in [3.63, 3.8) is 0 Å². The van der Waals surface area contributed by atoms with E-state index >= 15 is 0 Å². The highest BCUT2D eigenvalue weighted by Gasteiger charge is 2.18. The maximum absolute atomic E-state index is 10.9. The van der Waals surface area contributed by atoms with Gasteiger partial charge in [0.25, 0.3) is 0 Å². The number of aromatic nitrogens is 1. The van der Waals surface area contributed by atoms with Gasteiger partial charge in [-0.05, 0) is 35.7 Å². The van der Waals surface area contributed by atoms with E-state index in [4.69, 9.17) is 5.11 Å². The number of pyridine rings is 1. The Kier molecular flexibility index (Phi) is 5.68. The Morgan fingerprint density at radius 3 is 2.89 bits per heavy atom. The molecule has 2 N–H and O–H groups in total. The van der Waals surface area contributed by atoms with Crippen molar-refractivity contribution >= 4 is 33.3 Å². The topological polar surface area (TPSA) is 105 Å². The number of hydrogen-bond donors (Lipinski definition) is 2. The van der Waals surface area contributed by atoms with Crippen LogP contribution in [0.5, 0.6) is 0 Å². The summed E-state index contributed by atoms with van der Waals surface area (Å²) in [7, 11) is 0. The molecule has 19 heavy (non-hydrogen) atoms. The monoisotopic (exact) mass is 331 g/mol. The molecule has 1 aromatic rings. The van der Waals surface area contributed by atoms with E-state index in [1.165, 1.54) is 12.4 Å². The third-order valence-electron chi connectivity index (χ3n) is 2.49. The number of rotatable bonds is 7. The number of carbonyl (C=O) groups is 1. The fraction of sp³-hybridized carbons (Fsp3) is 0.455. The summed E-state index contributed by atoms with van der Waals surface area (Å²) in [4.78, 5) is 24.5. The Morgan fingerprint density at radius 2 is 2.32 bits per heavy atom. The highest BCUT2D eigenvalue weighted by Crippen LogP contribution is 2.31. The molecule has 0 aromatic carbocycles. The first-order valence-corrected chi connectivity index (χ1v) is 6.47. The van der Waals surface area contributed by atoms with E-state index in [1.807, 2.05) is 6.92 Å². The van der Waals surface area contributed by atoms with Crippen molar-refractivity contribution in [2.24, 2.45) is 0 Å². The van der Waals surface area contributed by atoms with Crippen LogP contribution >= 0.6 is 15.9 Å². The summed E-state index contributed by atoms with van der Waals surface area (Å²) in [6.45, 7) is 1.85. The summed E-state index contributed by atoms with van der Waals surface area (Å²) >= 11 is 3.21. The molecule has 0 aliphatic heterocycles. The number of hydrogen-bond acceptors (Lipinski definition) is 5. The van der Waals surface area contributed by atoms with Gasteiger partial charge in [0.15, 0.2) is 0 Å². The highest BCUT2D eigenvalue weighted by molar-refractivity contribution is 9.10. The average molecular weight is 332 g/mol. The lowest BCUT2D eigenvalue weighted by atomic mass is 10.1. The van der Waals surface area contributed by atoms with Crippen LogP contribution in [0.4, 0.5) is 11.4 Å². The zero-order chi connectivity index (χ0) is 14.4. The molecule has 104 valence electrons. The molecular formula is C11H14BrN3O4. The van der Waals surface area contributed by atoms with E-state index in [2.05, 4.69) is 26.2 Å². The Hall–Kier alpha value is -1.70. The minimum atomic E-state index is -0.844. The van der Waals surface area contributed by atoms with Gasteiger partial charge in [-0.15, -0.1) is 0 Å². The highest BCUT2D eigenvalue weighted by atomic mass is 79.9. The Bertz CT molecular complexity index is 481. The molecule has 1 rings (SSSR count). The fourth-order valence-electron chi connectivity index (χ4n) is 1.58. The lowest BCUT2D eigenvalue weighted by molar-refractivity contribution is -0.384. The van der Waals surface area contributed by atoms with Crippen LogP contribution in [-0.2, 0) is 4.79 Å². The zero-order valence-electron chi connectivity index (χ0n) is 10.3. The normalized spacial score (nSPS) is 11.9. The second-order valence-corrected chi connectivity index (χ2v) is 4.96. The molecule has 1 aromatic heterocycles. The zero-order valence-corrected chi connectivity index (χ0v) is 11.9. The van der Waals surface area contributed by atoms with Crippen LogP contribution in [0.15, 0.2) is 16.9 Å². The molecule has 0 aliphatic rings. The van der Waals surface area contributed by atoms with Crippen molar-refractivity contribution in [2.45, 2.75) is 32.2 Å². The third kappa shape index (κ3) is 4.82. The van der Waals surface area contributed by atoms with Gasteiger partial charge < -0.3 is 10.4 Å². The molecule has 0 fully saturated rings. The first-order valence-electron chi connectivity index (χ1n) is 5.68. The maximum Gasteiger partial charge on any atom is 0.311 e. The largest absolute Gasteiger partial charge is 0.481 e. The molecule has 1 heterocycles. The first-order chi connectivity index (χ1) is 8.91. The van der Waals surface area contributed by atoms with Crippen LogP contribution in [0.3, 0.4) is 0 Å². The molecule has 0 bridgehead atoms. The van der Waals surface area contributed by atoms with E-state index < -0.39 is 10.9 Å². The van der Waals surface area contributed by atoms with Crippen molar-refractivity contribution in [2.75, 3.05) is 5.32 Å². The molecule has 0 saturated carbocycles. The molecule has 0 saturated heterocycles. The van der Waals surface area contributed by atoms with E-state index in [0.717, 1.165) is 0 Å². The van der Waals surface area contributed by atoms with Crippen LogP contribution in [0, 0.1) is 10.1 Å². The Labute approximate surface area is 118 Å². The van der Waals surface area contributed by atoms with E-state index in [0.29, 0.717) is 23.0 Å². The van der Waals surface area contributed by atoms with Gasteiger partial charge in [-0.2, -0.15) is 0 Å². The number of halogens is 1. The summed E-state index contributed by atoms with van der Waals surface area (Å²) < 4.78 is 0.506. The van der Waals surface area contributed by atoms with Gasteiger partial charge in [-0.25, -0.2) is 0 Å². The molecule has 8 heteroatoms. The predicted octanol–water partition coefficient (Wildman–Crippen LogP) is 2.81. The van der Waals surface area contributed by atoms with Gasteiger partial charge in [-0.1, -0.05) is 0 Å². The summed E-state index contributed by atoms with van der Waals surface area (Å²) in [6, 6.07) is -0.0725. The summed E-state index contributed by atoms with van der Waals surface area (Å²) in [5, 5.41) is 22.4. The van der Waals surface area contributed by atoms with Crippen molar-refractivity contribution in [3.8, 4) is 0 Å². The van der Waals surface area contributed by atoms with Crippen LogP contribution in [0.1, 0.15) is 26.2 Å². The van der Waals surface area contributed by atoms with Gasteiger partial charge in [0, 0.05) is 18.7 Å².